The molecule has 0 radical (unpaired) electrons. The number of fused-ring (bicyclic) bond motifs is 1. The van der Waals surface area contributed by atoms with Crippen molar-refractivity contribution >= 4 is 0 Å². The van der Waals surface area contributed by atoms with E-state index in [1.165, 1.54) is 0 Å². The molecule has 0 bridgehead atoms. The number of ether oxygens (including phenoxy) is 1. The molecule has 2 aliphatic rings. The highest BCUT2D eigenvalue weighted by molar-refractivity contribution is 5.22. The Kier molecular flexibility index (Phi) is 3.89. The molecule has 20 heavy (non-hydrogen) atoms. The SMILES string of the molecule is COC1CCN(C2CCc3nc(C)[nH]c(=O)c3C2)CC1. The summed E-state index contributed by atoms with van der Waals surface area (Å²) in [5.41, 5.74) is 1.97. The van der Waals surface area contributed by atoms with Gasteiger partial charge in [-0.15, -0.1) is 0 Å². The highest BCUT2D eigenvalue weighted by atomic mass is 16.5. The summed E-state index contributed by atoms with van der Waals surface area (Å²) in [5.74, 6) is 0.730. The fourth-order valence-corrected chi connectivity index (χ4v) is 3.52. The van der Waals surface area contributed by atoms with E-state index in [0.717, 1.165) is 62.3 Å². The number of nitrogens with zero attached hydrogens (tertiary/aromatic N) is 2. The van der Waals surface area contributed by atoms with Gasteiger partial charge in [-0.2, -0.15) is 0 Å². The van der Waals surface area contributed by atoms with Crippen LogP contribution < -0.4 is 5.56 Å². The van der Waals surface area contributed by atoms with Crippen molar-refractivity contribution in [3.05, 3.63) is 27.4 Å². The number of nitrogens with one attached hydrogen (secondary N) is 1. The van der Waals surface area contributed by atoms with E-state index < -0.39 is 0 Å². The normalized spacial score (nSPS) is 24.6. The third-order valence-corrected chi connectivity index (χ3v) is 4.70. The lowest BCUT2D eigenvalue weighted by atomic mass is 9.90. The van der Waals surface area contributed by atoms with Crippen LogP contribution in [0.2, 0.25) is 0 Å². The van der Waals surface area contributed by atoms with E-state index in [4.69, 9.17) is 4.74 Å². The van der Waals surface area contributed by atoms with Gasteiger partial charge in [-0.3, -0.25) is 9.69 Å². The summed E-state index contributed by atoms with van der Waals surface area (Å²) in [5, 5.41) is 0. The van der Waals surface area contributed by atoms with E-state index in [9.17, 15) is 4.79 Å². The third kappa shape index (κ3) is 2.65. The summed E-state index contributed by atoms with van der Waals surface area (Å²) >= 11 is 0. The molecule has 110 valence electrons. The molecule has 5 nitrogen and oxygen atoms in total. The fourth-order valence-electron chi connectivity index (χ4n) is 3.52. The Morgan fingerprint density at radius 3 is 2.75 bits per heavy atom. The molecule has 1 aromatic rings. The quantitative estimate of drug-likeness (QED) is 0.878. The number of likely N-dealkylation sites (tertiary alicyclic amines) is 1. The van der Waals surface area contributed by atoms with E-state index in [1.54, 1.807) is 7.11 Å². The first-order valence-corrected chi connectivity index (χ1v) is 7.53. The molecule has 1 aliphatic heterocycles. The second-order valence-electron chi connectivity index (χ2n) is 5.94. The number of aromatic nitrogens is 2. The highest BCUT2D eigenvalue weighted by Crippen LogP contribution is 2.24. The van der Waals surface area contributed by atoms with Crippen molar-refractivity contribution < 1.29 is 4.74 Å². The van der Waals surface area contributed by atoms with Crippen molar-refractivity contribution in [2.45, 2.75) is 51.2 Å². The predicted molar refractivity (Wildman–Crippen MR) is 77.0 cm³/mol. The van der Waals surface area contributed by atoms with Gasteiger partial charge in [-0.1, -0.05) is 0 Å². The first-order chi connectivity index (χ1) is 9.67. The van der Waals surface area contributed by atoms with Crippen molar-refractivity contribution in [2.75, 3.05) is 20.2 Å². The van der Waals surface area contributed by atoms with Crippen LogP contribution in [0.5, 0.6) is 0 Å². The summed E-state index contributed by atoms with van der Waals surface area (Å²) in [6, 6.07) is 0.492. The number of piperidine rings is 1. The molecule has 0 spiro atoms. The standard InChI is InChI=1S/C15H23N3O2/c1-10-16-14-4-3-11(9-13(14)15(19)17-10)18-7-5-12(20-2)6-8-18/h11-12H,3-9H2,1-2H3,(H,16,17,19). The van der Waals surface area contributed by atoms with Gasteiger partial charge < -0.3 is 9.72 Å². The van der Waals surface area contributed by atoms with Crippen LogP contribution in [-0.4, -0.2) is 47.2 Å². The summed E-state index contributed by atoms with van der Waals surface area (Å²) in [6.45, 7) is 4.01. The van der Waals surface area contributed by atoms with E-state index in [-0.39, 0.29) is 5.56 Å². The lowest BCUT2D eigenvalue weighted by Crippen LogP contribution is -2.46. The van der Waals surface area contributed by atoms with Gasteiger partial charge in [0, 0.05) is 31.8 Å². The molecule has 0 amide bonds. The minimum Gasteiger partial charge on any atom is -0.381 e. The van der Waals surface area contributed by atoms with Crippen molar-refractivity contribution in [1.29, 1.82) is 0 Å². The fraction of sp³-hybridized carbons (Fsp3) is 0.733. The lowest BCUT2D eigenvalue weighted by Gasteiger charge is -2.39. The maximum atomic E-state index is 12.1. The van der Waals surface area contributed by atoms with Gasteiger partial charge in [0.2, 0.25) is 0 Å². The number of aryl methyl sites for hydroxylation is 2. The highest BCUT2D eigenvalue weighted by Gasteiger charge is 2.29. The van der Waals surface area contributed by atoms with Gasteiger partial charge in [-0.05, 0) is 39.0 Å². The Balaban J connectivity index is 1.71. The molecule has 1 atom stereocenters. The molecule has 0 aromatic carbocycles. The van der Waals surface area contributed by atoms with Crippen LogP contribution in [0.25, 0.3) is 0 Å². The van der Waals surface area contributed by atoms with Crippen LogP contribution in [0.15, 0.2) is 4.79 Å². The average molecular weight is 277 g/mol. The van der Waals surface area contributed by atoms with Crippen molar-refractivity contribution in [3.63, 3.8) is 0 Å². The summed E-state index contributed by atoms with van der Waals surface area (Å²) in [7, 11) is 1.80. The van der Waals surface area contributed by atoms with Crippen molar-refractivity contribution in [1.82, 2.24) is 14.9 Å². The first kappa shape index (κ1) is 13.8. The Bertz CT molecular complexity index is 532. The number of methoxy groups -OCH3 is 1. The van der Waals surface area contributed by atoms with Crippen LogP contribution in [0.4, 0.5) is 0 Å². The molecule has 1 fully saturated rings. The molecule has 2 heterocycles. The van der Waals surface area contributed by atoms with Crippen LogP contribution in [0.3, 0.4) is 0 Å². The largest absolute Gasteiger partial charge is 0.381 e. The number of aromatic amines is 1. The molecule has 1 saturated heterocycles. The molecule has 1 N–H and O–H groups in total. The van der Waals surface area contributed by atoms with Crippen molar-refractivity contribution in [2.24, 2.45) is 0 Å². The van der Waals surface area contributed by atoms with Crippen LogP contribution >= 0.6 is 0 Å². The average Bonchev–Trinajstić information content (AvgIpc) is 2.47. The molecule has 1 aliphatic carbocycles. The predicted octanol–water partition coefficient (Wildman–Crippen LogP) is 1.05. The zero-order chi connectivity index (χ0) is 14.1. The molecular formula is C15H23N3O2. The first-order valence-electron chi connectivity index (χ1n) is 7.53. The second kappa shape index (κ2) is 5.66. The van der Waals surface area contributed by atoms with E-state index in [1.807, 2.05) is 6.92 Å². The van der Waals surface area contributed by atoms with Gasteiger partial charge in [0.15, 0.2) is 0 Å². The van der Waals surface area contributed by atoms with Gasteiger partial charge in [-0.25, -0.2) is 4.98 Å². The Morgan fingerprint density at radius 2 is 2.05 bits per heavy atom. The second-order valence-corrected chi connectivity index (χ2v) is 5.94. The van der Waals surface area contributed by atoms with Crippen molar-refractivity contribution in [3.8, 4) is 0 Å². The minimum atomic E-state index is 0.0592. The van der Waals surface area contributed by atoms with Crippen LogP contribution in [-0.2, 0) is 17.6 Å². The third-order valence-electron chi connectivity index (χ3n) is 4.70. The Hall–Kier alpha value is -1.20. The van der Waals surface area contributed by atoms with Gasteiger partial charge in [0.05, 0.1) is 11.8 Å². The smallest absolute Gasteiger partial charge is 0.254 e. The number of hydrogen-bond donors (Lipinski definition) is 1. The maximum Gasteiger partial charge on any atom is 0.254 e. The lowest BCUT2D eigenvalue weighted by molar-refractivity contribution is 0.0248. The molecule has 1 unspecified atom stereocenters. The Labute approximate surface area is 119 Å². The Morgan fingerprint density at radius 1 is 1.30 bits per heavy atom. The van der Waals surface area contributed by atoms with Gasteiger partial charge in [0.25, 0.3) is 5.56 Å². The number of hydrogen-bond acceptors (Lipinski definition) is 4. The molecule has 1 aromatic heterocycles. The van der Waals surface area contributed by atoms with E-state index in [2.05, 4.69) is 14.9 Å². The topological polar surface area (TPSA) is 58.2 Å². The number of H-pyrrole nitrogens is 1. The summed E-state index contributed by atoms with van der Waals surface area (Å²) < 4.78 is 5.42. The molecule has 3 rings (SSSR count). The van der Waals surface area contributed by atoms with E-state index in [0.29, 0.717) is 12.1 Å². The van der Waals surface area contributed by atoms with Gasteiger partial charge in [0.1, 0.15) is 5.82 Å². The minimum absolute atomic E-state index is 0.0592. The molecular weight excluding hydrogens is 254 g/mol. The molecule has 5 heteroatoms. The van der Waals surface area contributed by atoms with E-state index >= 15 is 0 Å². The zero-order valence-corrected chi connectivity index (χ0v) is 12.3. The molecule has 0 saturated carbocycles. The number of rotatable bonds is 2. The monoisotopic (exact) mass is 277 g/mol. The summed E-state index contributed by atoms with van der Waals surface area (Å²) in [4.78, 5) is 21.9. The summed E-state index contributed by atoms with van der Waals surface area (Å²) in [6.07, 6.45) is 5.49. The maximum absolute atomic E-state index is 12.1. The zero-order valence-electron chi connectivity index (χ0n) is 12.3. The van der Waals surface area contributed by atoms with Crippen LogP contribution in [0.1, 0.15) is 36.3 Å². The van der Waals surface area contributed by atoms with Crippen LogP contribution in [0, 0.1) is 6.92 Å². The van der Waals surface area contributed by atoms with Gasteiger partial charge >= 0.3 is 0 Å².